The van der Waals surface area contributed by atoms with Crippen LogP contribution in [0.1, 0.15) is 16.2 Å². The van der Waals surface area contributed by atoms with Crippen LogP contribution in [0, 0.1) is 0 Å². The molecule has 0 aliphatic carbocycles. The minimum absolute atomic E-state index is 0.136. The van der Waals surface area contributed by atoms with Crippen molar-refractivity contribution in [2.75, 3.05) is 19.8 Å². The molecule has 1 aliphatic heterocycles. The fourth-order valence-corrected chi connectivity index (χ4v) is 2.71. The Morgan fingerprint density at radius 1 is 1.12 bits per heavy atom. The molecule has 1 amide bonds. The third kappa shape index (κ3) is 2.90. The lowest BCUT2D eigenvalue weighted by molar-refractivity contribution is 0.0952. The molecule has 2 heterocycles. The molecule has 2 aromatic carbocycles. The highest BCUT2D eigenvalue weighted by atomic mass is 16.6. The minimum Gasteiger partial charge on any atom is -0.486 e. The molecule has 6 nitrogen and oxygen atoms in total. The number of carbonyl (C=O) groups excluding carboxylic acids is 1. The van der Waals surface area contributed by atoms with Gasteiger partial charge in [0.25, 0.3) is 5.91 Å². The number of nitrogens with zero attached hydrogens (tertiary/aromatic N) is 1. The van der Waals surface area contributed by atoms with Crippen LogP contribution in [-0.4, -0.2) is 35.6 Å². The monoisotopic (exact) mass is 323 g/mol. The normalized spacial score (nSPS) is 13.0. The maximum absolute atomic E-state index is 12.3. The zero-order chi connectivity index (χ0) is 16.4. The summed E-state index contributed by atoms with van der Waals surface area (Å²) in [5, 5.41) is 2.90. The van der Waals surface area contributed by atoms with Crippen LogP contribution in [0.5, 0.6) is 11.5 Å². The van der Waals surface area contributed by atoms with Crippen molar-refractivity contribution in [3.05, 3.63) is 53.9 Å². The van der Waals surface area contributed by atoms with E-state index in [9.17, 15) is 4.79 Å². The van der Waals surface area contributed by atoms with Crippen LogP contribution in [0.15, 0.2) is 42.5 Å². The molecule has 0 fully saturated rings. The summed E-state index contributed by atoms with van der Waals surface area (Å²) in [7, 11) is 0. The largest absolute Gasteiger partial charge is 0.486 e. The molecule has 122 valence electrons. The average Bonchev–Trinajstić information content (AvgIpc) is 3.04. The van der Waals surface area contributed by atoms with Gasteiger partial charge in [-0.1, -0.05) is 12.1 Å². The van der Waals surface area contributed by atoms with Gasteiger partial charge in [-0.15, -0.1) is 0 Å². The number of aromatic amines is 1. The van der Waals surface area contributed by atoms with E-state index < -0.39 is 0 Å². The van der Waals surface area contributed by atoms with Crippen molar-refractivity contribution in [1.82, 2.24) is 15.3 Å². The highest BCUT2D eigenvalue weighted by Crippen LogP contribution is 2.30. The zero-order valence-electron chi connectivity index (χ0n) is 13.0. The lowest BCUT2D eigenvalue weighted by atomic mass is 10.2. The highest BCUT2D eigenvalue weighted by Gasteiger charge is 2.14. The number of para-hydroxylation sites is 2. The molecule has 4 rings (SSSR count). The van der Waals surface area contributed by atoms with Crippen molar-refractivity contribution in [1.29, 1.82) is 0 Å². The minimum atomic E-state index is -0.136. The second kappa shape index (κ2) is 6.23. The smallest absolute Gasteiger partial charge is 0.251 e. The van der Waals surface area contributed by atoms with Gasteiger partial charge in [0.15, 0.2) is 11.5 Å². The first-order chi connectivity index (χ1) is 11.8. The summed E-state index contributed by atoms with van der Waals surface area (Å²) >= 11 is 0. The number of rotatable bonds is 4. The predicted molar refractivity (Wildman–Crippen MR) is 89.6 cm³/mol. The number of ether oxygens (including phenoxy) is 2. The SMILES string of the molecule is O=C(NCCc1nc2ccccc2[nH]1)c1ccc2c(c1)OCCO2. The Morgan fingerprint density at radius 2 is 1.96 bits per heavy atom. The summed E-state index contributed by atoms with van der Waals surface area (Å²) in [5.41, 5.74) is 2.50. The average molecular weight is 323 g/mol. The van der Waals surface area contributed by atoms with Crippen LogP contribution >= 0.6 is 0 Å². The molecule has 6 heteroatoms. The topological polar surface area (TPSA) is 76.2 Å². The van der Waals surface area contributed by atoms with Crippen molar-refractivity contribution < 1.29 is 14.3 Å². The summed E-state index contributed by atoms with van der Waals surface area (Å²) in [6.45, 7) is 1.55. The Morgan fingerprint density at radius 3 is 2.83 bits per heavy atom. The van der Waals surface area contributed by atoms with E-state index in [-0.39, 0.29) is 5.91 Å². The summed E-state index contributed by atoms with van der Waals surface area (Å²) in [6.07, 6.45) is 0.644. The molecular formula is C18H17N3O3. The molecule has 1 aliphatic rings. The van der Waals surface area contributed by atoms with Gasteiger partial charge in [0.2, 0.25) is 0 Å². The molecule has 0 spiro atoms. The summed E-state index contributed by atoms with van der Waals surface area (Å²) < 4.78 is 11.0. The Hall–Kier alpha value is -3.02. The van der Waals surface area contributed by atoms with E-state index in [2.05, 4.69) is 15.3 Å². The van der Waals surface area contributed by atoms with Crippen LogP contribution < -0.4 is 14.8 Å². The third-order valence-electron chi connectivity index (χ3n) is 3.89. The molecule has 0 unspecified atom stereocenters. The molecule has 0 saturated carbocycles. The number of aromatic nitrogens is 2. The van der Waals surface area contributed by atoms with Gasteiger partial charge in [0, 0.05) is 18.5 Å². The number of nitrogens with one attached hydrogen (secondary N) is 2. The van der Waals surface area contributed by atoms with E-state index in [1.165, 1.54) is 0 Å². The lowest BCUT2D eigenvalue weighted by Crippen LogP contribution is -2.26. The first kappa shape index (κ1) is 14.6. The van der Waals surface area contributed by atoms with Gasteiger partial charge in [0.05, 0.1) is 11.0 Å². The lowest BCUT2D eigenvalue weighted by Gasteiger charge is -2.18. The Labute approximate surface area is 138 Å². The standard InChI is InChI=1S/C18H17N3O3/c22-18(12-5-6-15-16(11-12)24-10-9-23-15)19-8-7-17-20-13-3-1-2-4-14(13)21-17/h1-6,11H,7-10H2,(H,19,22)(H,20,21). The van der Waals surface area contributed by atoms with Crippen LogP contribution in [0.2, 0.25) is 0 Å². The van der Waals surface area contributed by atoms with Crippen LogP contribution in [-0.2, 0) is 6.42 Å². The van der Waals surface area contributed by atoms with E-state index in [0.717, 1.165) is 16.9 Å². The van der Waals surface area contributed by atoms with Gasteiger partial charge >= 0.3 is 0 Å². The zero-order valence-corrected chi connectivity index (χ0v) is 13.0. The van der Waals surface area contributed by atoms with E-state index in [4.69, 9.17) is 9.47 Å². The van der Waals surface area contributed by atoms with Crippen molar-refractivity contribution in [3.63, 3.8) is 0 Å². The summed E-state index contributed by atoms with van der Waals surface area (Å²) in [4.78, 5) is 20.0. The third-order valence-corrected chi connectivity index (χ3v) is 3.89. The molecule has 2 N–H and O–H groups in total. The maximum Gasteiger partial charge on any atom is 0.251 e. The molecule has 0 saturated heterocycles. The molecule has 0 atom stereocenters. The molecule has 1 aromatic heterocycles. The van der Waals surface area contributed by atoms with Crippen LogP contribution in [0.3, 0.4) is 0 Å². The second-order valence-corrected chi connectivity index (χ2v) is 5.56. The van der Waals surface area contributed by atoms with Crippen LogP contribution in [0.4, 0.5) is 0 Å². The van der Waals surface area contributed by atoms with E-state index >= 15 is 0 Å². The van der Waals surface area contributed by atoms with Gasteiger partial charge in [0.1, 0.15) is 19.0 Å². The van der Waals surface area contributed by atoms with Gasteiger partial charge < -0.3 is 19.8 Å². The van der Waals surface area contributed by atoms with Gasteiger partial charge in [-0.2, -0.15) is 0 Å². The van der Waals surface area contributed by atoms with Crippen LogP contribution in [0.25, 0.3) is 11.0 Å². The molecule has 24 heavy (non-hydrogen) atoms. The quantitative estimate of drug-likeness (QED) is 0.772. The molecular weight excluding hydrogens is 306 g/mol. The van der Waals surface area contributed by atoms with E-state index in [1.54, 1.807) is 18.2 Å². The molecule has 0 bridgehead atoms. The fraction of sp³-hybridized carbons (Fsp3) is 0.222. The number of hydrogen-bond donors (Lipinski definition) is 2. The Kier molecular flexibility index (Phi) is 3.78. The number of carbonyl (C=O) groups is 1. The predicted octanol–water partition coefficient (Wildman–Crippen LogP) is 2.31. The highest BCUT2D eigenvalue weighted by molar-refractivity contribution is 5.94. The van der Waals surface area contributed by atoms with Crippen molar-refractivity contribution in [2.45, 2.75) is 6.42 Å². The first-order valence-electron chi connectivity index (χ1n) is 7.91. The van der Waals surface area contributed by atoms with Crippen molar-refractivity contribution in [2.24, 2.45) is 0 Å². The number of fused-ring (bicyclic) bond motifs is 2. The Bertz CT molecular complexity index is 855. The van der Waals surface area contributed by atoms with E-state index in [1.807, 2.05) is 24.3 Å². The Balaban J connectivity index is 1.38. The maximum atomic E-state index is 12.3. The first-order valence-corrected chi connectivity index (χ1v) is 7.91. The number of hydrogen-bond acceptors (Lipinski definition) is 4. The van der Waals surface area contributed by atoms with Gasteiger partial charge in [-0.25, -0.2) is 4.98 Å². The van der Waals surface area contributed by atoms with Gasteiger partial charge in [-0.05, 0) is 30.3 Å². The molecule has 3 aromatic rings. The fourth-order valence-electron chi connectivity index (χ4n) is 2.71. The summed E-state index contributed by atoms with van der Waals surface area (Å²) in [6, 6.07) is 13.1. The molecule has 0 radical (unpaired) electrons. The number of amides is 1. The van der Waals surface area contributed by atoms with Crippen molar-refractivity contribution in [3.8, 4) is 11.5 Å². The second-order valence-electron chi connectivity index (χ2n) is 5.56. The van der Waals surface area contributed by atoms with Gasteiger partial charge in [-0.3, -0.25) is 4.79 Å². The number of benzene rings is 2. The van der Waals surface area contributed by atoms with Crippen molar-refractivity contribution >= 4 is 16.9 Å². The number of H-pyrrole nitrogens is 1. The van der Waals surface area contributed by atoms with E-state index in [0.29, 0.717) is 43.2 Å². The summed E-state index contributed by atoms with van der Waals surface area (Å²) in [5.74, 6) is 2.02. The number of imidazole rings is 1.